The lowest BCUT2D eigenvalue weighted by Crippen LogP contribution is -2.39. The van der Waals surface area contributed by atoms with Crippen molar-refractivity contribution in [2.45, 2.75) is 37.5 Å². The third kappa shape index (κ3) is 3.60. The van der Waals surface area contributed by atoms with Gasteiger partial charge in [-0.05, 0) is 43.2 Å². The van der Waals surface area contributed by atoms with Crippen molar-refractivity contribution in [1.82, 2.24) is 0 Å². The Morgan fingerprint density at radius 3 is 2.85 bits per heavy atom. The molecule has 0 radical (unpaired) electrons. The average molecular weight is 277 g/mol. The van der Waals surface area contributed by atoms with Crippen molar-refractivity contribution in [2.24, 2.45) is 5.73 Å². The van der Waals surface area contributed by atoms with Gasteiger partial charge >= 0.3 is 0 Å². The maximum absolute atomic E-state index is 6.14. The van der Waals surface area contributed by atoms with Crippen LogP contribution in [0.5, 0.6) is 0 Å². The molecule has 2 N–H and O–H groups in total. The lowest BCUT2D eigenvalue weighted by atomic mass is 9.68. The van der Waals surface area contributed by atoms with Gasteiger partial charge in [0.2, 0.25) is 0 Å². The summed E-state index contributed by atoms with van der Waals surface area (Å²) in [6, 6.07) is 8.77. The first-order chi connectivity index (χ1) is 9.82. The summed E-state index contributed by atoms with van der Waals surface area (Å²) in [4.78, 5) is 0. The van der Waals surface area contributed by atoms with Gasteiger partial charge in [-0.3, -0.25) is 0 Å². The molecule has 0 saturated heterocycles. The zero-order valence-electron chi connectivity index (χ0n) is 12.6. The Labute approximate surface area is 122 Å². The minimum absolute atomic E-state index is 0.121. The highest BCUT2D eigenvalue weighted by atomic mass is 16.5. The Morgan fingerprint density at radius 2 is 2.05 bits per heavy atom. The van der Waals surface area contributed by atoms with E-state index in [1.165, 1.54) is 30.4 Å². The van der Waals surface area contributed by atoms with Crippen LogP contribution >= 0.6 is 0 Å². The van der Waals surface area contributed by atoms with E-state index in [4.69, 9.17) is 15.2 Å². The van der Waals surface area contributed by atoms with Crippen molar-refractivity contribution in [3.63, 3.8) is 0 Å². The third-order valence-corrected chi connectivity index (χ3v) is 4.44. The summed E-state index contributed by atoms with van der Waals surface area (Å²) in [6.45, 7) is 3.04. The van der Waals surface area contributed by atoms with Gasteiger partial charge in [-0.2, -0.15) is 0 Å². The number of fused-ring (bicyclic) bond motifs is 1. The summed E-state index contributed by atoms with van der Waals surface area (Å²) in [5, 5.41) is 0. The van der Waals surface area contributed by atoms with Crippen LogP contribution in [0.2, 0.25) is 0 Å². The second-order valence-corrected chi connectivity index (χ2v) is 5.70. The number of benzene rings is 1. The third-order valence-electron chi connectivity index (χ3n) is 4.44. The van der Waals surface area contributed by atoms with Gasteiger partial charge in [-0.1, -0.05) is 24.3 Å². The van der Waals surface area contributed by atoms with E-state index in [1.807, 2.05) is 0 Å². The predicted octanol–water partition coefficient (Wildman–Crippen LogP) is 2.66. The van der Waals surface area contributed by atoms with Crippen molar-refractivity contribution in [3.8, 4) is 0 Å². The number of nitrogens with two attached hydrogens (primary N) is 1. The number of rotatable bonds is 8. The smallest absolute Gasteiger partial charge is 0.0487 e. The fourth-order valence-electron chi connectivity index (χ4n) is 3.26. The van der Waals surface area contributed by atoms with Crippen LogP contribution in [0, 0.1) is 0 Å². The van der Waals surface area contributed by atoms with Crippen molar-refractivity contribution in [1.29, 1.82) is 0 Å². The van der Waals surface area contributed by atoms with Crippen LogP contribution in [-0.4, -0.2) is 33.5 Å². The standard InChI is InChI=1S/C17H27NO2/c1-19-11-5-12-20-13-10-17(14-18)9-4-7-15-6-2-3-8-16(15)17/h2-3,6,8H,4-5,7,9-14,18H2,1H3. The molecule has 0 spiro atoms. The normalized spacial score (nSPS) is 21.7. The van der Waals surface area contributed by atoms with E-state index >= 15 is 0 Å². The van der Waals surface area contributed by atoms with Crippen molar-refractivity contribution < 1.29 is 9.47 Å². The zero-order valence-corrected chi connectivity index (χ0v) is 12.6. The van der Waals surface area contributed by atoms with Crippen LogP contribution in [-0.2, 0) is 21.3 Å². The molecular weight excluding hydrogens is 250 g/mol. The Hall–Kier alpha value is -0.900. The molecule has 0 bridgehead atoms. The monoisotopic (exact) mass is 277 g/mol. The van der Waals surface area contributed by atoms with Crippen LogP contribution in [0.1, 0.15) is 36.8 Å². The molecule has 1 aromatic rings. The minimum Gasteiger partial charge on any atom is -0.385 e. The number of hydrogen-bond donors (Lipinski definition) is 1. The maximum Gasteiger partial charge on any atom is 0.0487 e. The molecule has 1 aliphatic rings. The van der Waals surface area contributed by atoms with Gasteiger partial charge < -0.3 is 15.2 Å². The van der Waals surface area contributed by atoms with Crippen LogP contribution in [0.3, 0.4) is 0 Å². The average Bonchev–Trinajstić information content (AvgIpc) is 2.51. The SMILES string of the molecule is COCCCOCCC1(CN)CCCc2ccccc21. The topological polar surface area (TPSA) is 44.5 Å². The van der Waals surface area contributed by atoms with Gasteiger partial charge in [0, 0.05) is 38.9 Å². The van der Waals surface area contributed by atoms with Gasteiger partial charge in [0.1, 0.15) is 0 Å². The Kier molecular flexibility index (Phi) is 6.02. The molecule has 0 heterocycles. The van der Waals surface area contributed by atoms with Crippen LogP contribution < -0.4 is 5.73 Å². The summed E-state index contributed by atoms with van der Waals surface area (Å²) in [5.74, 6) is 0. The van der Waals surface area contributed by atoms with E-state index in [0.717, 1.165) is 32.7 Å². The Bertz CT molecular complexity index is 408. The number of methoxy groups -OCH3 is 1. The fraction of sp³-hybridized carbons (Fsp3) is 0.647. The predicted molar refractivity (Wildman–Crippen MR) is 82.0 cm³/mol. The van der Waals surface area contributed by atoms with Crippen molar-refractivity contribution in [2.75, 3.05) is 33.5 Å². The molecule has 2 rings (SSSR count). The summed E-state index contributed by atoms with van der Waals surface area (Å²) >= 11 is 0. The molecule has 1 atom stereocenters. The minimum atomic E-state index is 0.121. The van der Waals surface area contributed by atoms with Gasteiger partial charge in [0.15, 0.2) is 0 Å². The first kappa shape index (κ1) is 15.5. The molecule has 3 heteroatoms. The molecule has 1 aliphatic carbocycles. The molecule has 0 amide bonds. The molecule has 0 aromatic heterocycles. The van der Waals surface area contributed by atoms with Crippen LogP contribution in [0.15, 0.2) is 24.3 Å². The molecule has 112 valence electrons. The fourth-order valence-corrected chi connectivity index (χ4v) is 3.26. The highest BCUT2D eigenvalue weighted by Gasteiger charge is 2.34. The van der Waals surface area contributed by atoms with E-state index in [2.05, 4.69) is 24.3 Å². The van der Waals surface area contributed by atoms with Crippen LogP contribution in [0.4, 0.5) is 0 Å². The molecule has 20 heavy (non-hydrogen) atoms. The lowest BCUT2D eigenvalue weighted by molar-refractivity contribution is 0.0876. The maximum atomic E-state index is 6.14. The van der Waals surface area contributed by atoms with Crippen LogP contribution in [0.25, 0.3) is 0 Å². The molecule has 0 aliphatic heterocycles. The first-order valence-electron chi connectivity index (χ1n) is 7.67. The zero-order chi connectivity index (χ0) is 14.3. The summed E-state index contributed by atoms with van der Waals surface area (Å²) in [7, 11) is 1.72. The highest BCUT2D eigenvalue weighted by molar-refractivity contribution is 5.37. The largest absolute Gasteiger partial charge is 0.385 e. The molecular formula is C17H27NO2. The summed E-state index contributed by atoms with van der Waals surface area (Å²) < 4.78 is 10.8. The van der Waals surface area contributed by atoms with Crippen molar-refractivity contribution in [3.05, 3.63) is 35.4 Å². The second kappa shape index (κ2) is 7.77. The quantitative estimate of drug-likeness (QED) is 0.743. The Balaban J connectivity index is 1.93. The van der Waals surface area contributed by atoms with E-state index in [-0.39, 0.29) is 5.41 Å². The summed E-state index contributed by atoms with van der Waals surface area (Å²) in [5.41, 5.74) is 9.19. The second-order valence-electron chi connectivity index (χ2n) is 5.70. The molecule has 0 fully saturated rings. The van der Waals surface area contributed by atoms with E-state index in [9.17, 15) is 0 Å². The van der Waals surface area contributed by atoms with Gasteiger partial charge in [0.05, 0.1) is 0 Å². The van der Waals surface area contributed by atoms with E-state index in [1.54, 1.807) is 7.11 Å². The first-order valence-corrected chi connectivity index (χ1v) is 7.67. The van der Waals surface area contributed by atoms with Gasteiger partial charge in [-0.15, -0.1) is 0 Å². The van der Waals surface area contributed by atoms with E-state index in [0.29, 0.717) is 6.54 Å². The highest BCUT2D eigenvalue weighted by Crippen LogP contribution is 2.39. The van der Waals surface area contributed by atoms with E-state index < -0.39 is 0 Å². The van der Waals surface area contributed by atoms with Crippen molar-refractivity contribution >= 4 is 0 Å². The Morgan fingerprint density at radius 1 is 1.20 bits per heavy atom. The molecule has 0 saturated carbocycles. The van der Waals surface area contributed by atoms with Gasteiger partial charge in [0.25, 0.3) is 0 Å². The molecule has 1 aromatic carbocycles. The number of aryl methyl sites for hydroxylation is 1. The number of ether oxygens (including phenoxy) is 2. The molecule has 3 nitrogen and oxygen atoms in total. The lowest BCUT2D eigenvalue weighted by Gasteiger charge is -2.38. The molecule has 1 unspecified atom stereocenters. The van der Waals surface area contributed by atoms with Gasteiger partial charge in [-0.25, -0.2) is 0 Å². The summed E-state index contributed by atoms with van der Waals surface area (Å²) in [6.07, 6.45) is 5.59. The number of hydrogen-bond acceptors (Lipinski definition) is 3.